The molecule has 4 rings (SSSR count). The van der Waals surface area contributed by atoms with Gasteiger partial charge in [0.05, 0.1) is 6.20 Å². The number of alkyl halides is 1. The van der Waals surface area contributed by atoms with Crippen LogP contribution in [0.1, 0.15) is 5.56 Å². The predicted octanol–water partition coefficient (Wildman–Crippen LogP) is 1.34. The molecule has 2 atom stereocenters. The van der Waals surface area contributed by atoms with Crippen molar-refractivity contribution in [3.05, 3.63) is 48.4 Å². The monoisotopic (exact) mass is 386 g/mol. The van der Waals surface area contributed by atoms with E-state index in [0.717, 1.165) is 11.1 Å². The third-order valence-corrected chi connectivity index (χ3v) is 4.92. The van der Waals surface area contributed by atoms with Crippen LogP contribution in [-0.4, -0.2) is 59.2 Å². The SMILES string of the molecule is CN1C(=O)COC2C(c3cnn(C)c3)=CN(c3ccc(OCF)cc3)C(=O)C21. The first-order valence-corrected chi connectivity index (χ1v) is 8.69. The van der Waals surface area contributed by atoms with E-state index in [2.05, 4.69) is 5.10 Å². The first-order chi connectivity index (χ1) is 13.5. The fraction of sp³-hybridized carbons (Fsp3) is 0.316. The zero-order chi connectivity index (χ0) is 19.8. The van der Waals surface area contributed by atoms with E-state index < -0.39 is 19.0 Å². The van der Waals surface area contributed by atoms with Crippen LogP contribution in [0.2, 0.25) is 0 Å². The highest BCUT2D eigenvalue weighted by Gasteiger charge is 2.46. The number of aromatic nitrogens is 2. The number of anilines is 1. The molecule has 0 N–H and O–H groups in total. The fourth-order valence-corrected chi connectivity index (χ4v) is 3.46. The Hall–Kier alpha value is -3.20. The van der Waals surface area contributed by atoms with Crippen LogP contribution >= 0.6 is 0 Å². The Bertz CT molecular complexity index is 940. The number of hydrogen-bond donors (Lipinski definition) is 0. The van der Waals surface area contributed by atoms with Gasteiger partial charge in [-0.05, 0) is 24.3 Å². The molecule has 0 aliphatic carbocycles. The number of aryl methyl sites for hydroxylation is 1. The number of amides is 2. The van der Waals surface area contributed by atoms with Crippen LogP contribution in [0.4, 0.5) is 10.1 Å². The van der Waals surface area contributed by atoms with Gasteiger partial charge in [0.2, 0.25) is 12.8 Å². The highest BCUT2D eigenvalue weighted by molar-refractivity contribution is 6.06. The first kappa shape index (κ1) is 18.2. The highest BCUT2D eigenvalue weighted by Crippen LogP contribution is 2.35. The molecule has 0 radical (unpaired) electrons. The van der Waals surface area contributed by atoms with E-state index in [1.165, 1.54) is 9.80 Å². The van der Waals surface area contributed by atoms with Gasteiger partial charge in [-0.15, -0.1) is 0 Å². The molecule has 28 heavy (non-hydrogen) atoms. The molecular weight excluding hydrogens is 367 g/mol. The van der Waals surface area contributed by atoms with Gasteiger partial charge < -0.3 is 14.4 Å². The van der Waals surface area contributed by atoms with Crippen molar-refractivity contribution in [3.8, 4) is 5.75 Å². The van der Waals surface area contributed by atoms with Gasteiger partial charge in [-0.1, -0.05) is 0 Å². The number of carbonyl (C=O) groups is 2. The topological polar surface area (TPSA) is 76.9 Å². The summed E-state index contributed by atoms with van der Waals surface area (Å²) < 4.78 is 24.6. The second-order valence-electron chi connectivity index (χ2n) is 6.62. The lowest BCUT2D eigenvalue weighted by Crippen LogP contribution is -2.61. The zero-order valence-electron chi connectivity index (χ0n) is 15.4. The van der Waals surface area contributed by atoms with Crippen molar-refractivity contribution in [2.24, 2.45) is 7.05 Å². The predicted molar refractivity (Wildman–Crippen MR) is 98.0 cm³/mol. The molecule has 0 bridgehead atoms. The van der Waals surface area contributed by atoms with E-state index in [4.69, 9.17) is 9.47 Å². The molecule has 2 amide bonds. The Kier molecular flexibility index (Phi) is 4.60. The average molecular weight is 386 g/mol. The number of rotatable bonds is 4. The van der Waals surface area contributed by atoms with E-state index >= 15 is 0 Å². The van der Waals surface area contributed by atoms with Crippen LogP contribution in [-0.2, 0) is 21.4 Å². The number of halogens is 1. The zero-order valence-corrected chi connectivity index (χ0v) is 15.4. The van der Waals surface area contributed by atoms with Gasteiger partial charge in [0.15, 0.2) is 0 Å². The maximum Gasteiger partial charge on any atom is 0.256 e. The van der Waals surface area contributed by atoms with Gasteiger partial charge in [-0.25, -0.2) is 4.39 Å². The average Bonchev–Trinajstić information content (AvgIpc) is 3.12. The van der Waals surface area contributed by atoms with Crippen molar-refractivity contribution in [1.29, 1.82) is 0 Å². The summed E-state index contributed by atoms with van der Waals surface area (Å²) in [4.78, 5) is 28.2. The van der Waals surface area contributed by atoms with Crippen LogP contribution in [0, 0.1) is 0 Å². The van der Waals surface area contributed by atoms with Gasteiger partial charge in [-0.2, -0.15) is 5.10 Å². The lowest BCUT2D eigenvalue weighted by Gasteiger charge is -2.43. The number of morpholine rings is 1. The number of benzene rings is 1. The second kappa shape index (κ2) is 7.08. The van der Waals surface area contributed by atoms with Crippen molar-refractivity contribution in [2.75, 3.05) is 25.4 Å². The summed E-state index contributed by atoms with van der Waals surface area (Å²) in [6.45, 7) is -1.02. The fourth-order valence-electron chi connectivity index (χ4n) is 3.46. The number of fused-ring (bicyclic) bond motifs is 1. The molecule has 2 aliphatic rings. The highest BCUT2D eigenvalue weighted by atomic mass is 19.1. The first-order valence-electron chi connectivity index (χ1n) is 8.69. The molecule has 146 valence electrons. The summed E-state index contributed by atoms with van der Waals surface area (Å²) >= 11 is 0. The summed E-state index contributed by atoms with van der Waals surface area (Å²) in [6, 6.07) is 5.69. The summed E-state index contributed by atoms with van der Waals surface area (Å²) in [5, 5.41) is 4.20. The summed E-state index contributed by atoms with van der Waals surface area (Å²) in [5.74, 6) is -0.181. The Morgan fingerprint density at radius 2 is 2.00 bits per heavy atom. The molecular formula is C19H19FN4O4. The molecule has 1 aromatic carbocycles. The van der Waals surface area contributed by atoms with Gasteiger partial charge in [0.25, 0.3) is 5.91 Å². The van der Waals surface area contributed by atoms with Crippen molar-refractivity contribution < 1.29 is 23.5 Å². The van der Waals surface area contributed by atoms with Crippen LogP contribution < -0.4 is 9.64 Å². The quantitative estimate of drug-likeness (QED) is 0.793. The number of nitrogens with zero attached hydrogens (tertiary/aromatic N) is 4. The van der Waals surface area contributed by atoms with Crippen molar-refractivity contribution in [3.63, 3.8) is 0 Å². The van der Waals surface area contributed by atoms with Crippen LogP contribution in [0.15, 0.2) is 42.9 Å². The molecule has 0 saturated carbocycles. The molecule has 3 heterocycles. The van der Waals surface area contributed by atoms with E-state index in [0.29, 0.717) is 11.4 Å². The normalized spacial score (nSPS) is 22.2. The van der Waals surface area contributed by atoms with Crippen LogP contribution in [0.25, 0.3) is 5.57 Å². The second-order valence-corrected chi connectivity index (χ2v) is 6.62. The van der Waals surface area contributed by atoms with E-state index in [1.807, 2.05) is 6.20 Å². The minimum Gasteiger partial charge on any atom is -0.463 e. The van der Waals surface area contributed by atoms with Crippen molar-refractivity contribution >= 4 is 23.1 Å². The Balaban J connectivity index is 1.78. The van der Waals surface area contributed by atoms with E-state index in [9.17, 15) is 14.0 Å². The minimum absolute atomic E-state index is 0.0855. The van der Waals surface area contributed by atoms with Gasteiger partial charge >= 0.3 is 0 Å². The molecule has 0 spiro atoms. The number of likely N-dealkylation sites (N-methyl/N-ethyl adjacent to an activating group) is 1. The maximum atomic E-state index is 13.2. The molecule has 8 nitrogen and oxygen atoms in total. The Labute approximate surface area is 160 Å². The number of hydrogen-bond acceptors (Lipinski definition) is 5. The molecule has 1 aromatic heterocycles. The van der Waals surface area contributed by atoms with Gasteiger partial charge in [-0.3, -0.25) is 19.2 Å². The van der Waals surface area contributed by atoms with Gasteiger partial charge in [0.1, 0.15) is 24.5 Å². The van der Waals surface area contributed by atoms with E-state index in [1.54, 1.807) is 55.4 Å². The number of ether oxygens (including phenoxy) is 2. The van der Waals surface area contributed by atoms with Crippen LogP contribution in [0.3, 0.4) is 0 Å². The smallest absolute Gasteiger partial charge is 0.256 e. The third kappa shape index (κ3) is 3.03. The molecule has 2 aromatic rings. The summed E-state index contributed by atoms with van der Waals surface area (Å²) in [6.07, 6.45) is 4.64. The van der Waals surface area contributed by atoms with Crippen LogP contribution in [0.5, 0.6) is 5.75 Å². The van der Waals surface area contributed by atoms with Crippen molar-refractivity contribution in [1.82, 2.24) is 14.7 Å². The lowest BCUT2D eigenvalue weighted by atomic mass is 9.91. The van der Waals surface area contributed by atoms with E-state index in [-0.39, 0.29) is 18.4 Å². The standard InChI is InChI=1S/C19H19FN4O4/c1-22-8-12(7-21-22)15-9-24(13-3-5-14(6-4-13)28-11-20)19(26)17-18(15)27-10-16(25)23(17)2/h3-9,17-18H,10-11H2,1-2H3. The largest absolute Gasteiger partial charge is 0.463 e. The molecule has 2 aliphatic heterocycles. The summed E-state index contributed by atoms with van der Waals surface area (Å²) in [7, 11) is 3.40. The molecule has 2 unspecified atom stereocenters. The lowest BCUT2D eigenvalue weighted by molar-refractivity contribution is -0.156. The number of carbonyl (C=O) groups excluding carboxylic acids is 2. The Morgan fingerprint density at radius 1 is 1.25 bits per heavy atom. The minimum atomic E-state index is -0.930. The van der Waals surface area contributed by atoms with Gasteiger partial charge in [0, 0.05) is 43.3 Å². The maximum absolute atomic E-state index is 13.2. The van der Waals surface area contributed by atoms with Crippen molar-refractivity contribution in [2.45, 2.75) is 12.1 Å². The summed E-state index contributed by atoms with van der Waals surface area (Å²) in [5.41, 5.74) is 2.12. The third-order valence-electron chi connectivity index (χ3n) is 4.92. The molecule has 1 fully saturated rings. The Morgan fingerprint density at radius 3 is 2.64 bits per heavy atom. The molecule has 1 saturated heterocycles. The molecule has 9 heteroatoms.